The molecular formula is C16H16N2O3. The summed E-state index contributed by atoms with van der Waals surface area (Å²) in [6, 6.07) is 9.77. The number of pyridine rings is 1. The summed E-state index contributed by atoms with van der Waals surface area (Å²) in [4.78, 5) is 27.2. The minimum absolute atomic E-state index is 0.244. The maximum absolute atomic E-state index is 12.0. The number of carbonyl (C=O) groups is 2. The third-order valence-corrected chi connectivity index (χ3v) is 3.21. The first-order chi connectivity index (χ1) is 10.1. The molecule has 5 heteroatoms. The van der Waals surface area contributed by atoms with Crippen molar-refractivity contribution in [1.29, 1.82) is 0 Å². The number of rotatable bonds is 5. The first-order valence-electron chi connectivity index (χ1n) is 6.56. The molecule has 1 aromatic carbocycles. The van der Waals surface area contributed by atoms with Crippen molar-refractivity contribution in [3.63, 3.8) is 0 Å². The van der Waals surface area contributed by atoms with Crippen molar-refractivity contribution < 1.29 is 14.7 Å². The molecule has 1 atom stereocenters. The second-order valence-corrected chi connectivity index (χ2v) is 4.74. The van der Waals surface area contributed by atoms with Crippen LogP contribution in [0.15, 0.2) is 48.8 Å². The molecule has 0 aliphatic carbocycles. The number of amides is 1. The maximum atomic E-state index is 12.0. The average Bonchev–Trinajstić information content (AvgIpc) is 2.49. The standard InChI is InChI=1S/C16H16N2O3/c1-11-5-2-3-6-12(11)9-14(16(20)21)18-15(19)13-7-4-8-17-10-13/h2-8,10,14H,9H2,1H3,(H,18,19)(H,20,21)/t14-/m1/s1. The summed E-state index contributed by atoms with van der Waals surface area (Å²) in [5, 5.41) is 11.8. The number of carboxylic acid groups (broad SMARTS) is 1. The Hall–Kier alpha value is -2.69. The van der Waals surface area contributed by atoms with Gasteiger partial charge in [0.15, 0.2) is 0 Å². The number of nitrogens with one attached hydrogen (secondary N) is 1. The Kier molecular flexibility index (Phi) is 4.66. The zero-order valence-corrected chi connectivity index (χ0v) is 11.6. The average molecular weight is 284 g/mol. The molecule has 0 aliphatic rings. The van der Waals surface area contributed by atoms with Crippen molar-refractivity contribution in [3.05, 3.63) is 65.5 Å². The molecule has 108 valence electrons. The first-order valence-corrected chi connectivity index (χ1v) is 6.56. The highest BCUT2D eigenvalue weighted by Crippen LogP contribution is 2.10. The van der Waals surface area contributed by atoms with Crippen molar-refractivity contribution in [2.45, 2.75) is 19.4 Å². The number of aromatic nitrogens is 1. The molecule has 2 aromatic rings. The highest BCUT2D eigenvalue weighted by molar-refractivity contribution is 5.96. The molecule has 1 heterocycles. The largest absolute Gasteiger partial charge is 0.480 e. The smallest absolute Gasteiger partial charge is 0.326 e. The van der Waals surface area contributed by atoms with Gasteiger partial charge in [0.05, 0.1) is 5.56 Å². The van der Waals surface area contributed by atoms with E-state index in [0.717, 1.165) is 11.1 Å². The predicted octanol–water partition coefficient (Wildman–Crippen LogP) is 1.82. The summed E-state index contributed by atoms with van der Waals surface area (Å²) in [6.45, 7) is 1.91. The van der Waals surface area contributed by atoms with Crippen LogP contribution in [0.25, 0.3) is 0 Å². The minimum Gasteiger partial charge on any atom is -0.480 e. The molecule has 1 amide bonds. The molecule has 0 aliphatic heterocycles. The number of hydrogen-bond donors (Lipinski definition) is 2. The first kappa shape index (κ1) is 14.7. The molecule has 1 aromatic heterocycles. The van der Waals surface area contributed by atoms with Gasteiger partial charge in [-0.2, -0.15) is 0 Å². The number of nitrogens with zero attached hydrogens (tertiary/aromatic N) is 1. The van der Waals surface area contributed by atoms with Crippen molar-refractivity contribution in [1.82, 2.24) is 10.3 Å². The van der Waals surface area contributed by atoms with Gasteiger partial charge in [0.25, 0.3) is 5.91 Å². The van der Waals surface area contributed by atoms with E-state index in [-0.39, 0.29) is 6.42 Å². The van der Waals surface area contributed by atoms with Gasteiger partial charge in [-0.05, 0) is 30.2 Å². The van der Waals surface area contributed by atoms with Gasteiger partial charge in [-0.15, -0.1) is 0 Å². The lowest BCUT2D eigenvalue weighted by Gasteiger charge is -2.15. The van der Waals surface area contributed by atoms with Crippen molar-refractivity contribution >= 4 is 11.9 Å². The second-order valence-electron chi connectivity index (χ2n) is 4.74. The van der Waals surface area contributed by atoms with Crippen LogP contribution >= 0.6 is 0 Å². The summed E-state index contributed by atoms with van der Waals surface area (Å²) in [5.41, 5.74) is 2.24. The Morgan fingerprint density at radius 2 is 2.00 bits per heavy atom. The molecule has 0 spiro atoms. The fourth-order valence-electron chi connectivity index (χ4n) is 2.00. The van der Waals surface area contributed by atoms with Crippen LogP contribution in [0.3, 0.4) is 0 Å². The lowest BCUT2D eigenvalue weighted by atomic mass is 10.0. The number of carboxylic acids is 1. The predicted molar refractivity (Wildman–Crippen MR) is 78.0 cm³/mol. The van der Waals surface area contributed by atoms with Crippen LogP contribution in [0.1, 0.15) is 21.5 Å². The van der Waals surface area contributed by atoms with Crippen LogP contribution in [0.4, 0.5) is 0 Å². The molecule has 0 saturated carbocycles. The van der Waals surface area contributed by atoms with Gasteiger partial charge in [-0.25, -0.2) is 4.79 Å². The van der Waals surface area contributed by atoms with Crippen molar-refractivity contribution in [3.8, 4) is 0 Å². The van der Waals surface area contributed by atoms with E-state index < -0.39 is 17.9 Å². The highest BCUT2D eigenvalue weighted by atomic mass is 16.4. The minimum atomic E-state index is -1.06. The SMILES string of the molecule is Cc1ccccc1C[C@@H](NC(=O)c1cccnc1)C(=O)O. The summed E-state index contributed by atoms with van der Waals surface area (Å²) in [6.07, 6.45) is 3.20. The van der Waals surface area contributed by atoms with Crippen LogP contribution in [0.2, 0.25) is 0 Å². The third-order valence-electron chi connectivity index (χ3n) is 3.21. The van der Waals surface area contributed by atoms with Crippen LogP contribution in [0.5, 0.6) is 0 Å². The highest BCUT2D eigenvalue weighted by Gasteiger charge is 2.21. The van der Waals surface area contributed by atoms with Gasteiger partial charge in [0.2, 0.25) is 0 Å². The molecule has 2 rings (SSSR count). The Bertz CT molecular complexity index is 641. The molecule has 0 saturated heterocycles. The van der Waals surface area contributed by atoms with Gasteiger partial charge >= 0.3 is 5.97 Å². The van der Waals surface area contributed by atoms with E-state index in [9.17, 15) is 14.7 Å². The monoisotopic (exact) mass is 284 g/mol. The quantitative estimate of drug-likeness (QED) is 0.877. The lowest BCUT2D eigenvalue weighted by Crippen LogP contribution is -2.42. The fourth-order valence-corrected chi connectivity index (χ4v) is 2.00. The summed E-state index contributed by atoms with van der Waals surface area (Å²) < 4.78 is 0. The molecule has 0 bridgehead atoms. The molecular weight excluding hydrogens is 268 g/mol. The number of benzene rings is 1. The number of aryl methyl sites for hydroxylation is 1. The van der Waals surface area contributed by atoms with Crippen molar-refractivity contribution in [2.75, 3.05) is 0 Å². The van der Waals surface area contributed by atoms with E-state index in [0.29, 0.717) is 5.56 Å². The van der Waals surface area contributed by atoms with Gasteiger partial charge in [0.1, 0.15) is 6.04 Å². The van der Waals surface area contributed by atoms with E-state index in [1.807, 2.05) is 31.2 Å². The molecule has 2 N–H and O–H groups in total. The normalized spacial score (nSPS) is 11.7. The Balaban J connectivity index is 2.12. The third kappa shape index (κ3) is 3.89. The van der Waals surface area contributed by atoms with Crippen LogP contribution in [-0.2, 0) is 11.2 Å². The maximum Gasteiger partial charge on any atom is 0.326 e. The van der Waals surface area contributed by atoms with Gasteiger partial charge < -0.3 is 10.4 Å². The molecule has 0 unspecified atom stereocenters. The summed E-state index contributed by atoms with van der Waals surface area (Å²) >= 11 is 0. The molecule has 0 radical (unpaired) electrons. The number of aliphatic carboxylic acids is 1. The van der Waals surface area contributed by atoms with Crippen LogP contribution in [-0.4, -0.2) is 28.0 Å². The summed E-state index contributed by atoms with van der Waals surface area (Å²) in [5.74, 6) is -1.50. The van der Waals surface area contributed by atoms with E-state index in [1.165, 1.54) is 6.20 Å². The zero-order valence-electron chi connectivity index (χ0n) is 11.6. The Morgan fingerprint density at radius 3 is 2.62 bits per heavy atom. The molecule has 5 nitrogen and oxygen atoms in total. The summed E-state index contributed by atoms with van der Waals surface area (Å²) in [7, 11) is 0. The Morgan fingerprint density at radius 1 is 1.24 bits per heavy atom. The molecule has 21 heavy (non-hydrogen) atoms. The van der Waals surface area contributed by atoms with Gasteiger partial charge in [-0.3, -0.25) is 9.78 Å². The second kappa shape index (κ2) is 6.65. The molecule has 0 fully saturated rings. The lowest BCUT2D eigenvalue weighted by molar-refractivity contribution is -0.139. The topological polar surface area (TPSA) is 79.3 Å². The van der Waals surface area contributed by atoms with Crippen molar-refractivity contribution in [2.24, 2.45) is 0 Å². The van der Waals surface area contributed by atoms with E-state index in [4.69, 9.17) is 0 Å². The number of hydrogen-bond acceptors (Lipinski definition) is 3. The number of carbonyl (C=O) groups excluding carboxylic acids is 1. The van der Waals surface area contributed by atoms with E-state index in [2.05, 4.69) is 10.3 Å². The van der Waals surface area contributed by atoms with Crippen LogP contribution < -0.4 is 5.32 Å². The van der Waals surface area contributed by atoms with Gasteiger partial charge in [-0.1, -0.05) is 24.3 Å². The zero-order chi connectivity index (χ0) is 15.2. The Labute approximate surface area is 122 Å². The van der Waals surface area contributed by atoms with Crippen LogP contribution in [0, 0.1) is 6.92 Å². The van der Waals surface area contributed by atoms with Gasteiger partial charge in [0, 0.05) is 18.8 Å². The van der Waals surface area contributed by atoms with E-state index >= 15 is 0 Å². The fraction of sp³-hybridized carbons (Fsp3) is 0.188. The van der Waals surface area contributed by atoms with E-state index in [1.54, 1.807) is 18.3 Å².